The van der Waals surface area contributed by atoms with Crippen molar-refractivity contribution in [3.63, 3.8) is 0 Å². The molecule has 0 N–H and O–H groups in total. The Labute approximate surface area is 186 Å². The number of hydrogen-bond acceptors (Lipinski definition) is 6. The van der Waals surface area contributed by atoms with Crippen LogP contribution in [0.25, 0.3) is 10.9 Å². The van der Waals surface area contributed by atoms with Gasteiger partial charge >= 0.3 is 5.97 Å². The van der Waals surface area contributed by atoms with Gasteiger partial charge in [-0.1, -0.05) is 29.8 Å². The van der Waals surface area contributed by atoms with Crippen LogP contribution in [-0.2, 0) is 21.1 Å². The molecule has 31 heavy (non-hydrogen) atoms. The predicted octanol–water partition coefficient (Wildman–Crippen LogP) is 4.60. The van der Waals surface area contributed by atoms with Gasteiger partial charge in [0.05, 0.1) is 21.0 Å². The standard InChI is InChI=1S/C21H16ClFN2O4S2/c1-12-16(17-10-14(23)8-9-18(17)25(12)29-13(2)26)11-19-20(21(22)24-30-19)31(27,28)15-6-4-3-5-7-15/h3-10H,11H2,1-2H3. The number of sulfone groups is 1. The maximum Gasteiger partial charge on any atom is 0.329 e. The van der Waals surface area contributed by atoms with Crippen molar-refractivity contribution in [3.05, 3.63) is 75.6 Å². The summed E-state index contributed by atoms with van der Waals surface area (Å²) in [5, 5.41) is 0.391. The van der Waals surface area contributed by atoms with Gasteiger partial charge in [-0.25, -0.2) is 17.6 Å². The van der Waals surface area contributed by atoms with Crippen LogP contribution < -0.4 is 4.84 Å². The first kappa shape index (κ1) is 21.5. The van der Waals surface area contributed by atoms with Crippen molar-refractivity contribution >= 4 is 49.8 Å². The molecule has 0 unspecified atom stereocenters. The fraction of sp³-hybridized carbons (Fsp3) is 0.143. The Morgan fingerprint density at radius 3 is 2.61 bits per heavy atom. The molecule has 0 atom stereocenters. The summed E-state index contributed by atoms with van der Waals surface area (Å²) in [6.45, 7) is 2.98. The number of benzene rings is 2. The second kappa shape index (κ2) is 8.07. The van der Waals surface area contributed by atoms with Crippen molar-refractivity contribution in [3.8, 4) is 0 Å². The summed E-state index contributed by atoms with van der Waals surface area (Å²) in [5.41, 5.74) is 1.65. The molecule has 0 bridgehead atoms. The van der Waals surface area contributed by atoms with Crippen LogP contribution in [0.4, 0.5) is 4.39 Å². The van der Waals surface area contributed by atoms with Crippen molar-refractivity contribution in [2.45, 2.75) is 30.1 Å². The first-order valence-corrected chi connectivity index (χ1v) is 11.8. The monoisotopic (exact) mass is 478 g/mol. The maximum atomic E-state index is 14.0. The molecule has 0 aliphatic heterocycles. The van der Waals surface area contributed by atoms with E-state index in [0.29, 0.717) is 27.0 Å². The minimum atomic E-state index is -3.91. The zero-order valence-corrected chi connectivity index (χ0v) is 18.8. The van der Waals surface area contributed by atoms with Crippen LogP contribution in [0.15, 0.2) is 58.3 Å². The molecular formula is C21H16ClFN2O4S2. The molecule has 0 spiro atoms. The van der Waals surface area contributed by atoms with Crippen LogP contribution in [0, 0.1) is 12.7 Å². The van der Waals surface area contributed by atoms with Crippen LogP contribution >= 0.6 is 23.1 Å². The van der Waals surface area contributed by atoms with Crippen LogP contribution in [0.1, 0.15) is 23.1 Å². The lowest BCUT2D eigenvalue weighted by Crippen LogP contribution is -2.17. The highest BCUT2D eigenvalue weighted by molar-refractivity contribution is 7.91. The van der Waals surface area contributed by atoms with Crippen molar-refractivity contribution in [2.24, 2.45) is 0 Å². The number of carbonyl (C=O) groups excluding carboxylic acids is 1. The molecule has 160 valence electrons. The highest BCUT2D eigenvalue weighted by atomic mass is 35.5. The average molecular weight is 479 g/mol. The van der Waals surface area contributed by atoms with E-state index in [4.69, 9.17) is 16.4 Å². The SMILES string of the molecule is CC(=O)On1c(C)c(Cc2snc(Cl)c2S(=O)(=O)c2ccccc2)c2cc(F)ccc21. The quantitative estimate of drug-likeness (QED) is 0.419. The van der Waals surface area contributed by atoms with E-state index in [2.05, 4.69) is 4.37 Å². The Balaban J connectivity index is 1.88. The van der Waals surface area contributed by atoms with Gasteiger partial charge in [0, 0.05) is 18.7 Å². The lowest BCUT2D eigenvalue weighted by molar-refractivity contribution is -0.141. The molecule has 4 aromatic rings. The summed E-state index contributed by atoms with van der Waals surface area (Å²) in [4.78, 5) is 17.3. The molecule has 0 aliphatic rings. The van der Waals surface area contributed by atoms with Gasteiger partial charge in [-0.2, -0.15) is 9.10 Å². The Morgan fingerprint density at radius 1 is 1.23 bits per heavy atom. The molecule has 0 amide bonds. The number of halogens is 2. The molecule has 2 aromatic carbocycles. The van der Waals surface area contributed by atoms with Crippen LogP contribution in [-0.4, -0.2) is 23.5 Å². The Morgan fingerprint density at radius 2 is 1.94 bits per heavy atom. The number of fused-ring (bicyclic) bond motifs is 1. The van der Waals surface area contributed by atoms with Crippen LogP contribution in [0.5, 0.6) is 0 Å². The van der Waals surface area contributed by atoms with Crippen molar-refractivity contribution < 1.29 is 22.4 Å². The predicted molar refractivity (Wildman–Crippen MR) is 116 cm³/mol. The molecule has 0 aliphatic carbocycles. The number of nitrogens with zero attached hydrogens (tertiary/aromatic N) is 2. The molecule has 0 radical (unpaired) electrons. The van der Waals surface area contributed by atoms with Gasteiger partial charge in [-0.05, 0) is 54.4 Å². The molecule has 2 aromatic heterocycles. The zero-order valence-electron chi connectivity index (χ0n) is 16.4. The average Bonchev–Trinajstić information content (AvgIpc) is 3.21. The van der Waals surface area contributed by atoms with Gasteiger partial charge in [0.1, 0.15) is 10.7 Å². The highest BCUT2D eigenvalue weighted by Gasteiger charge is 2.29. The summed E-state index contributed by atoms with van der Waals surface area (Å²) in [5.74, 6) is -1.00. The molecular weight excluding hydrogens is 463 g/mol. The molecule has 10 heteroatoms. The minimum Gasteiger partial charge on any atom is -0.337 e. The van der Waals surface area contributed by atoms with Gasteiger partial charge < -0.3 is 4.84 Å². The first-order valence-electron chi connectivity index (χ1n) is 9.12. The number of rotatable bonds is 5. The van der Waals surface area contributed by atoms with E-state index in [1.165, 1.54) is 42.0 Å². The normalized spacial score (nSPS) is 11.7. The highest BCUT2D eigenvalue weighted by Crippen LogP contribution is 2.36. The van der Waals surface area contributed by atoms with Gasteiger partial charge in [0.25, 0.3) is 0 Å². The van der Waals surface area contributed by atoms with E-state index < -0.39 is 21.6 Å². The lowest BCUT2D eigenvalue weighted by atomic mass is 10.1. The molecule has 2 heterocycles. The molecule has 6 nitrogen and oxygen atoms in total. The van der Waals surface area contributed by atoms with E-state index in [9.17, 15) is 17.6 Å². The third kappa shape index (κ3) is 3.84. The van der Waals surface area contributed by atoms with Crippen molar-refractivity contribution in [2.75, 3.05) is 0 Å². The number of hydrogen-bond donors (Lipinski definition) is 0. The maximum absolute atomic E-state index is 14.0. The minimum absolute atomic E-state index is 0.0745. The first-order chi connectivity index (χ1) is 14.7. The van der Waals surface area contributed by atoms with E-state index >= 15 is 0 Å². The summed E-state index contributed by atoms with van der Waals surface area (Å²) in [6.07, 6.45) is 0.117. The largest absolute Gasteiger partial charge is 0.337 e. The third-order valence-electron chi connectivity index (χ3n) is 4.80. The van der Waals surface area contributed by atoms with Crippen LogP contribution in [0.3, 0.4) is 0 Å². The zero-order chi connectivity index (χ0) is 22.3. The summed E-state index contributed by atoms with van der Waals surface area (Å²) in [7, 11) is -3.91. The summed E-state index contributed by atoms with van der Waals surface area (Å²) in [6, 6.07) is 12.0. The third-order valence-corrected chi connectivity index (χ3v) is 8.13. The van der Waals surface area contributed by atoms with Crippen molar-refractivity contribution in [1.29, 1.82) is 0 Å². The topological polar surface area (TPSA) is 78.3 Å². The van der Waals surface area contributed by atoms with Gasteiger partial charge in [-0.15, -0.1) is 0 Å². The van der Waals surface area contributed by atoms with Gasteiger partial charge in [0.2, 0.25) is 9.84 Å². The Kier molecular flexibility index (Phi) is 5.59. The van der Waals surface area contributed by atoms with E-state index in [1.807, 2.05) is 0 Å². The Bertz CT molecular complexity index is 1410. The Hall–Kier alpha value is -2.75. The van der Waals surface area contributed by atoms with Crippen LogP contribution in [0.2, 0.25) is 5.15 Å². The molecule has 0 saturated heterocycles. The summed E-state index contributed by atoms with van der Waals surface area (Å²) >= 11 is 7.15. The molecule has 4 rings (SSSR count). The fourth-order valence-electron chi connectivity index (χ4n) is 3.44. The van der Waals surface area contributed by atoms with E-state index in [-0.39, 0.29) is 21.4 Å². The second-order valence-electron chi connectivity index (χ2n) is 6.82. The number of aromatic nitrogens is 2. The summed E-state index contributed by atoms with van der Waals surface area (Å²) < 4.78 is 45.8. The van der Waals surface area contributed by atoms with Gasteiger partial charge in [-0.3, -0.25) is 0 Å². The van der Waals surface area contributed by atoms with Crippen molar-refractivity contribution in [1.82, 2.24) is 9.10 Å². The smallest absolute Gasteiger partial charge is 0.329 e. The molecule has 0 saturated carbocycles. The van der Waals surface area contributed by atoms with E-state index in [0.717, 1.165) is 11.5 Å². The second-order valence-corrected chi connectivity index (χ2v) is 9.92. The fourth-order valence-corrected chi connectivity index (χ4v) is 6.58. The number of carbonyl (C=O) groups is 1. The van der Waals surface area contributed by atoms with E-state index in [1.54, 1.807) is 25.1 Å². The van der Waals surface area contributed by atoms with Gasteiger partial charge in [0.15, 0.2) is 5.15 Å². The molecule has 0 fully saturated rings. The lowest BCUT2D eigenvalue weighted by Gasteiger charge is -2.08.